The second-order valence-corrected chi connectivity index (χ2v) is 8.15. The van der Waals surface area contributed by atoms with E-state index in [-0.39, 0.29) is 12.5 Å². The van der Waals surface area contributed by atoms with Gasteiger partial charge in [0.15, 0.2) is 5.13 Å². The van der Waals surface area contributed by atoms with Crippen molar-refractivity contribution in [2.75, 3.05) is 11.5 Å². The summed E-state index contributed by atoms with van der Waals surface area (Å²) in [7, 11) is 0. The van der Waals surface area contributed by atoms with Crippen LogP contribution in [0.3, 0.4) is 0 Å². The normalized spacial score (nSPS) is 11.2. The number of hydrogen-bond acceptors (Lipinski definition) is 7. The average molecular weight is 445 g/mol. The van der Waals surface area contributed by atoms with Crippen molar-refractivity contribution < 1.29 is 9.53 Å². The van der Waals surface area contributed by atoms with Gasteiger partial charge >= 0.3 is 0 Å². The third-order valence-electron chi connectivity index (χ3n) is 4.96. The summed E-state index contributed by atoms with van der Waals surface area (Å²) >= 11 is 1.46. The van der Waals surface area contributed by atoms with Crippen molar-refractivity contribution in [3.8, 4) is 5.75 Å². The Bertz CT molecular complexity index is 1380. The lowest BCUT2D eigenvalue weighted by molar-refractivity contribution is -0.119. The second kappa shape index (κ2) is 8.72. The number of carbonyl (C=O) groups is 1. The molecule has 0 atom stereocenters. The third kappa shape index (κ3) is 4.02. The summed E-state index contributed by atoms with van der Waals surface area (Å²) in [5.74, 6) is 0.656. The summed E-state index contributed by atoms with van der Waals surface area (Å²) in [6.07, 6.45) is 3.47. The summed E-state index contributed by atoms with van der Waals surface area (Å²) < 4.78 is 8.19. The van der Waals surface area contributed by atoms with Crippen LogP contribution < -0.4 is 9.64 Å². The number of anilines is 1. The van der Waals surface area contributed by atoms with Crippen LogP contribution in [0.5, 0.6) is 5.75 Å². The lowest BCUT2D eigenvalue weighted by Crippen LogP contribution is -2.33. The largest absolute Gasteiger partial charge is 0.494 e. The Hall–Kier alpha value is -3.85. The Kier molecular flexibility index (Phi) is 5.47. The molecule has 5 aromatic rings. The number of pyridine rings is 1. The zero-order valence-electron chi connectivity index (χ0n) is 17.4. The molecule has 0 aliphatic heterocycles. The Morgan fingerprint density at radius 2 is 2.03 bits per heavy atom. The molecule has 0 unspecified atom stereocenters. The molecule has 0 saturated carbocycles. The lowest BCUT2D eigenvalue weighted by atomic mass is 10.2. The molecule has 0 N–H and O–H groups in total. The first-order chi connectivity index (χ1) is 15.7. The SMILES string of the molecule is CCOc1ccc2nc(N(Cc3cccnc3)C(=O)Cn3nnc4ccccc43)sc2c1. The molecule has 5 rings (SSSR count). The van der Waals surface area contributed by atoms with Gasteiger partial charge in [-0.25, -0.2) is 9.67 Å². The number of fused-ring (bicyclic) bond motifs is 2. The van der Waals surface area contributed by atoms with E-state index in [0.717, 1.165) is 32.6 Å². The molecule has 9 heteroatoms. The quantitative estimate of drug-likeness (QED) is 0.376. The van der Waals surface area contributed by atoms with Crippen LogP contribution in [0.15, 0.2) is 67.0 Å². The lowest BCUT2D eigenvalue weighted by Gasteiger charge is -2.20. The van der Waals surface area contributed by atoms with Gasteiger partial charge in [-0.15, -0.1) is 5.10 Å². The minimum Gasteiger partial charge on any atom is -0.494 e. The van der Waals surface area contributed by atoms with Gasteiger partial charge in [0.2, 0.25) is 0 Å². The van der Waals surface area contributed by atoms with Gasteiger partial charge < -0.3 is 4.74 Å². The summed E-state index contributed by atoms with van der Waals surface area (Å²) in [6.45, 7) is 2.96. The van der Waals surface area contributed by atoms with E-state index in [4.69, 9.17) is 9.72 Å². The van der Waals surface area contributed by atoms with E-state index in [1.807, 2.05) is 61.5 Å². The summed E-state index contributed by atoms with van der Waals surface area (Å²) in [5.41, 5.74) is 3.30. The van der Waals surface area contributed by atoms with E-state index in [9.17, 15) is 4.79 Å². The van der Waals surface area contributed by atoms with Gasteiger partial charge in [0.1, 0.15) is 17.8 Å². The van der Waals surface area contributed by atoms with E-state index in [0.29, 0.717) is 18.3 Å². The maximum absolute atomic E-state index is 13.5. The van der Waals surface area contributed by atoms with E-state index in [1.54, 1.807) is 22.0 Å². The molecule has 32 heavy (non-hydrogen) atoms. The smallest absolute Gasteiger partial charge is 0.250 e. The van der Waals surface area contributed by atoms with Crippen LogP contribution in [-0.4, -0.2) is 37.5 Å². The number of amides is 1. The van der Waals surface area contributed by atoms with Crippen LogP contribution >= 0.6 is 11.3 Å². The summed E-state index contributed by atoms with van der Waals surface area (Å²) in [5, 5.41) is 8.94. The van der Waals surface area contributed by atoms with Crippen molar-refractivity contribution in [1.82, 2.24) is 25.0 Å². The van der Waals surface area contributed by atoms with Crippen LogP contribution in [0, 0.1) is 0 Å². The highest BCUT2D eigenvalue weighted by Gasteiger charge is 2.22. The predicted molar refractivity (Wildman–Crippen MR) is 124 cm³/mol. The van der Waals surface area contributed by atoms with Crippen LogP contribution in [-0.2, 0) is 17.9 Å². The fourth-order valence-electron chi connectivity index (χ4n) is 3.45. The first-order valence-corrected chi connectivity index (χ1v) is 11.0. The molecule has 0 fully saturated rings. The molecular weight excluding hydrogens is 424 g/mol. The second-order valence-electron chi connectivity index (χ2n) is 7.14. The maximum Gasteiger partial charge on any atom is 0.250 e. The number of thiazole rings is 1. The number of nitrogens with zero attached hydrogens (tertiary/aromatic N) is 6. The van der Waals surface area contributed by atoms with Gasteiger partial charge in [-0.05, 0) is 48.9 Å². The molecule has 0 bridgehead atoms. The highest BCUT2D eigenvalue weighted by Crippen LogP contribution is 2.32. The first kappa shape index (κ1) is 20.1. The van der Waals surface area contributed by atoms with E-state index in [1.165, 1.54) is 11.3 Å². The molecule has 0 aliphatic carbocycles. The summed E-state index contributed by atoms with van der Waals surface area (Å²) in [4.78, 5) is 24.1. The van der Waals surface area contributed by atoms with Crippen molar-refractivity contribution in [3.05, 3.63) is 72.6 Å². The Morgan fingerprint density at radius 1 is 1.12 bits per heavy atom. The van der Waals surface area contributed by atoms with Gasteiger partial charge in [-0.1, -0.05) is 34.7 Å². The average Bonchev–Trinajstić information content (AvgIpc) is 3.42. The molecule has 0 aliphatic rings. The first-order valence-electron chi connectivity index (χ1n) is 10.2. The molecule has 160 valence electrons. The Labute approximate surface area is 188 Å². The molecule has 8 nitrogen and oxygen atoms in total. The number of rotatable bonds is 7. The van der Waals surface area contributed by atoms with Crippen LogP contribution in [0.1, 0.15) is 12.5 Å². The van der Waals surface area contributed by atoms with Gasteiger partial charge in [-0.3, -0.25) is 14.7 Å². The highest BCUT2D eigenvalue weighted by molar-refractivity contribution is 7.22. The molecule has 2 aromatic carbocycles. The molecule has 1 amide bonds. The van der Waals surface area contributed by atoms with Gasteiger partial charge in [-0.2, -0.15) is 0 Å². The Balaban J connectivity index is 1.50. The van der Waals surface area contributed by atoms with Gasteiger partial charge in [0, 0.05) is 12.4 Å². The third-order valence-corrected chi connectivity index (χ3v) is 6.00. The number of carbonyl (C=O) groups excluding carboxylic acids is 1. The predicted octanol–water partition coefficient (Wildman–Crippen LogP) is 4.07. The van der Waals surface area contributed by atoms with E-state index >= 15 is 0 Å². The number of hydrogen-bond donors (Lipinski definition) is 0. The van der Waals surface area contributed by atoms with Crippen LogP contribution in [0.2, 0.25) is 0 Å². The van der Waals surface area contributed by atoms with Crippen molar-refractivity contribution >= 4 is 43.6 Å². The number of aromatic nitrogens is 5. The zero-order chi connectivity index (χ0) is 21.9. The molecule has 0 saturated heterocycles. The topological polar surface area (TPSA) is 86.0 Å². The fraction of sp³-hybridized carbons (Fsp3) is 0.174. The highest BCUT2D eigenvalue weighted by atomic mass is 32.1. The Morgan fingerprint density at radius 3 is 2.88 bits per heavy atom. The van der Waals surface area contributed by atoms with Crippen LogP contribution in [0.4, 0.5) is 5.13 Å². The molecule has 0 radical (unpaired) electrons. The van der Waals surface area contributed by atoms with E-state index in [2.05, 4.69) is 15.3 Å². The summed E-state index contributed by atoms with van der Waals surface area (Å²) in [6, 6.07) is 17.1. The number of benzene rings is 2. The fourth-order valence-corrected chi connectivity index (χ4v) is 4.46. The van der Waals surface area contributed by atoms with Crippen molar-refractivity contribution in [3.63, 3.8) is 0 Å². The monoisotopic (exact) mass is 444 g/mol. The van der Waals surface area contributed by atoms with Gasteiger partial charge in [0.05, 0.1) is 28.9 Å². The van der Waals surface area contributed by atoms with Crippen molar-refractivity contribution in [2.45, 2.75) is 20.0 Å². The number of ether oxygens (including phenoxy) is 1. The van der Waals surface area contributed by atoms with E-state index < -0.39 is 0 Å². The van der Waals surface area contributed by atoms with Crippen molar-refractivity contribution in [2.24, 2.45) is 0 Å². The molecular formula is C23H20N6O2S. The zero-order valence-corrected chi connectivity index (χ0v) is 18.2. The van der Waals surface area contributed by atoms with Crippen molar-refractivity contribution in [1.29, 1.82) is 0 Å². The minimum absolute atomic E-state index is 0.0564. The number of para-hydroxylation sites is 1. The molecule has 3 aromatic heterocycles. The van der Waals surface area contributed by atoms with Crippen LogP contribution in [0.25, 0.3) is 21.3 Å². The van der Waals surface area contributed by atoms with Gasteiger partial charge in [0.25, 0.3) is 5.91 Å². The standard InChI is InChI=1S/C23H20N6O2S/c1-2-31-17-9-10-19-21(12-17)32-23(25-19)28(14-16-6-5-11-24-13-16)22(30)15-29-20-8-4-3-7-18(20)26-27-29/h3-13H,2,14-15H2,1H3. The molecule has 3 heterocycles. The minimum atomic E-state index is -0.131. The maximum atomic E-state index is 13.5. The molecule has 0 spiro atoms.